The highest BCUT2D eigenvalue weighted by Crippen LogP contribution is 1.94. The van der Waals surface area contributed by atoms with Gasteiger partial charge in [-0.2, -0.15) is 0 Å². The summed E-state index contributed by atoms with van der Waals surface area (Å²) in [5.74, 6) is 0. The largest absolute Gasteiger partial charge is 0.312 e. The molecule has 0 amide bonds. The van der Waals surface area contributed by atoms with Crippen LogP contribution in [0.4, 0.5) is 0 Å². The molecule has 0 radical (unpaired) electrons. The zero-order chi connectivity index (χ0) is 6.41. The Morgan fingerprint density at radius 2 is 2.38 bits per heavy atom. The lowest BCUT2D eigenvalue weighted by atomic mass is 10.5. The number of rotatable bonds is 3. The molecule has 0 aliphatic heterocycles. The molecule has 0 aliphatic rings. The fourth-order valence-electron chi connectivity index (χ4n) is 0.355. The lowest BCUT2D eigenvalue weighted by Gasteiger charge is -1.97. The third-order valence-corrected chi connectivity index (χ3v) is 1.31. The smallest absolute Gasteiger partial charge is 0.0259 e. The van der Waals surface area contributed by atoms with E-state index >= 15 is 0 Å². The summed E-state index contributed by atoms with van der Waals surface area (Å²) >= 11 is 4.16. The fourth-order valence-corrected chi connectivity index (χ4v) is 0.467. The van der Waals surface area contributed by atoms with Crippen LogP contribution in [0.2, 0.25) is 0 Å². The third kappa shape index (κ3) is 4.22. The summed E-state index contributed by atoms with van der Waals surface area (Å²) in [6.45, 7) is 5.98. The van der Waals surface area contributed by atoms with Crippen molar-refractivity contribution in [3.05, 3.63) is 11.0 Å². The molecule has 0 fully saturated rings. The van der Waals surface area contributed by atoms with E-state index in [1.54, 1.807) is 0 Å². The molecule has 0 saturated heterocycles. The number of allylic oxidation sites excluding steroid dienone is 1. The van der Waals surface area contributed by atoms with Crippen molar-refractivity contribution in [2.24, 2.45) is 0 Å². The number of nitrogens with one attached hydrogen (secondary N) is 1. The van der Waals surface area contributed by atoms with Gasteiger partial charge in [0, 0.05) is 6.54 Å². The van der Waals surface area contributed by atoms with Gasteiger partial charge in [-0.25, -0.2) is 0 Å². The second kappa shape index (κ2) is 5.19. The molecule has 0 aromatic rings. The minimum atomic E-state index is 0.899. The molecule has 0 unspecified atom stereocenters. The summed E-state index contributed by atoms with van der Waals surface area (Å²) in [6.07, 6.45) is 1.99. The summed E-state index contributed by atoms with van der Waals surface area (Å²) in [5, 5.41) is 3.15. The van der Waals surface area contributed by atoms with Crippen molar-refractivity contribution in [3.8, 4) is 0 Å². The Hall–Kier alpha value is 0.0500. The molecular formula is C6H13NS. The van der Waals surface area contributed by atoms with Crippen molar-refractivity contribution >= 4 is 12.6 Å². The molecule has 0 rings (SSSR count). The summed E-state index contributed by atoms with van der Waals surface area (Å²) in [5.41, 5.74) is 0. The van der Waals surface area contributed by atoms with Crippen LogP contribution < -0.4 is 5.32 Å². The molecule has 0 heterocycles. The van der Waals surface area contributed by atoms with E-state index < -0.39 is 0 Å². The van der Waals surface area contributed by atoms with E-state index in [0.29, 0.717) is 0 Å². The molecule has 0 aromatic heterocycles. The van der Waals surface area contributed by atoms with Gasteiger partial charge in [0.2, 0.25) is 0 Å². The van der Waals surface area contributed by atoms with Gasteiger partial charge in [-0.1, -0.05) is 13.0 Å². The predicted molar refractivity (Wildman–Crippen MR) is 41.3 cm³/mol. The van der Waals surface area contributed by atoms with Crippen LogP contribution in [0.1, 0.15) is 13.8 Å². The molecule has 1 nitrogen and oxygen atoms in total. The van der Waals surface area contributed by atoms with Crippen LogP contribution in [-0.2, 0) is 0 Å². The van der Waals surface area contributed by atoms with Crippen LogP contribution >= 0.6 is 12.6 Å². The van der Waals surface area contributed by atoms with Crippen molar-refractivity contribution in [2.75, 3.05) is 13.1 Å². The Morgan fingerprint density at radius 1 is 1.75 bits per heavy atom. The molecule has 1 N–H and O–H groups in total. The number of hydrogen-bond acceptors (Lipinski definition) is 2. The van der Waals surface area contributed by atoms with Crippen molar-refractivity contribution in [2.45, 2.75) is 13.8 Å². The fraction of sp³-hybridized carbons (Fsp3) is 0.667. The van der Waals surface area contributed by atoms with Gasteiger partial charge in [0.05, 0.1) is 0 Å². The molecule has 48 valence electrons. The predicted octanol–water partition coefficient (Wildman–Crippen LogP) is 1.43. The maximum atomic E-state index is 4.16. The molecule has 0 aromatic carbocycles. The van der Waals surface area contributed by atoms with Gasteiger partial charge in [0.15, 0.2) is 0 Å². The van der Waals surface area contributed by atoms with Gasteiger partial charge in [-0.15, -0.1) is 12.6 Å². The van der Waals surface area contributed by atoms with Crippen LogP contribution in [0, 0.1) is 0 Å². The lowest BCUT2D eigenvalue weighted by molar-refractivity contribution is 0.794. The Balaban J connectivity index is 3.12. The summed E-state index contributed by atoms with van der Waals surface area (Å²) < 4.78 is 0. The van der Waals surface area contributed by atoms with E-state index in [9.17, 15) is 0 Å². The zero-order valence-electron chi connectivity index (χ0n) is 5.44. The Labute approximate surface area is 56.6 Å². The van der Waals surface area contributed by atoms with Crippen LogP contribution in [0.5, 0.6) is 0 Å². The van der Waals surface area contributed by atoms with E-state index in [2.05, 4.69) is 24.9 Å². The zero-order valence-corrected chi connectivity index (χ0v) is 6.33. The highest BCUT2D eigenvalue weighted by Gasteiger charge is 1.82. The standard InChI is InChI=1S/C6H13NS/c1-3-6(8)5-7-4-2/h3,7-8H,4-5H2,1-2H3/b6-3-. The van der Waals surface area contributed by atoms with Gasteiger partial charge in [-0.3, -0.25) is 0 Å². The van der Waals surface area contributed by atoms with Gasteiger partial charge in [0.1, 0.15) is 0 Å². The minimum Gasteiger partial charge on any atom is -0.312 e. The van der Waals surface area contributed by atoms with Gasteiger partial charge in [0.25, 0.3) is 0 Å². The number of likely N-dealkylation sites (N-methyl/N-ethyl adjacent to an activating group) is 1. The van der Waals surface area contributed by atoms with E-state index in [1.165, 1.54) is 0 Å². The lowest BCUT2D eigenvalue weighted by Crippen LogP contribution is -2.13. The first-order valence-electron chi connectivity index (χ1n) is 2.86. The summed E-state index contributed by atoms with van der Waals surface area (Å²) in [4.78, 5) is 1.10. The monoisotopic (exact) mass is 131 g/mol. The van der Waals surface area contributed by atoms with Crippen LogP contribution in [-0.4, -0.2) is 13.1 Å². The molecule has 0 atom stereocenters. The summed E-state index contributed by atoms with van der Waals surface area (Å²) in [6, 6.07) is 0. The maximum Gasteiger partial charge on any atom is 0.0259 e. The molecule has 0 bridgehead atoms. The molecule has 0 aliphatic carbocycles. The molecule has 8 heavy (non-hydrogen) atoms. The Bertz CT molecular complexity index is 78.6. The second-order valence-electron chi connectivity index (χ2n) is 1.56. The average Bonchev–Trinajstić information content (AvgIpc) is 1.83. The minimum absolute atomic E-state index is 0.899. The van der Waals surface area contributed by atoms with Gasteiger partial charge in [-0.05, 0) is 18.4 Å². The van der Waals surface area contributed by atoms with E-state index in [0.717, 1.165) is 18.0 Å². The first kappa shape index (κ1) is 8.05. The molecule has 0 saturated carbocycles. The topological polar surface area (TPSA) is 12.0 Å². The van der Waals surface area contributed by atoms with E-state index in [-0.39, 0.29) is 0 Å². The third-order valence-electron chi connectivity index (χ3n) is 0.889. The van der Waals surface area contributed by atoms with Crippen molar-refractivity contribution < 1.29 is 0 Å². The average molecular weight is 131 g/mol. The number of thiol groups is 1. The van der Waals surface area contributed by atoms with Gasteiger partial charge < -0.3 is 5.32 Å². The molecule has 2 heteroatoms. The van der Waals surface area contributed by atoms with Crippen LogP contribution in [0.15, 0.2) is 11.0 Å². The van der Waals surface area contributed by atoms with Crippen molar-refractivity contribution in [1.29, 1.82) is 0 Å². The highest BCUT2D eigenvalue weighted by molar-refractivity contribution is 7.84. The normalized spacial score (nSPS) is 12.1. The van der Waals surface area contributed by atoms with E-state index in [4.69, 9.17) is 0 Å². The SMILES string of the molecule is C/C=C(\S)CNCC. The number of hydrogen-bond donors (Lipinski definition) is 2. The summed E-state index contributed by atoms with van der Waals surface area (Å²) in [7, 11) is 0. The quantitative estimate of drug-likeness (QED) is 0.552. The highest BCUT2D eigenvalue weighted by atomic mass is 32.1. The van der Waals surface area contributed by atoms with Crippen molar-refractivity contribution in [3.63, 3.8) is 0 Å². The van der Waals surface area contributed by atoms with Gasteiger partial charge >= 0.3 is 0 Å². The first-order valence-corrected chi connectivity index (χ1v) is 3.30. The Morgan fingerprint density at radius 3 is 2.75 bits per heavy atom. The van der Waals surface area contributed by atoms with Crippen molar-refractivity contribution in [1.82, 2.24) is 5.32 Å². The first-order chi connectivity index (χ1) is 3.81. The Kier molecular flexibility index (Phi) is 5.22. The molecule has 0 spiro atoms. The second-order valence-corrected chi connectivity index (χ2v) is 2.13. The maximum absolute atomic E-state index is 4.16. The van der Waals surface area contributed by atoms with Crippen LogP contribution in [0.3, 0.4) is 0 Å². The van der Waals surface area contributed by atoms with Crippen LogP contribution in [0.25, 0.3) is 0 Å². The molecular weight excluding hydrogens is 118 g/mol. The van der Waals surface area contributed by atoms with E-state index in [1.807, 2.05) is 13.0 Å².